The van der Waals surface area contributed by atoms with Gasteiger partial charge >= 0.3 is 12.4 Å². The molecule has 2 aromatic heterocycles. The molecular formula is C20H17F6N5O. The van der Waals surface area contributed by atoms with Gasteiger partial charge in [0.05, 0.1) is 16.7 Å². The molecule has 12 heteroatoms. The van der Waals surface area contributed by atoms with Gasteiger partial charge in [-0.1, -0.05) is 0 Å². The topological polar surface area (TPSA) is 53.7 Å². The van der Waals surface area contributed by atoms with Gasteiger partial charge in [-0.25, -0.2) is 0 Å². The van der Waals surface area contributed by atoms with Gasteiger partial charge in [-0.3, -0.25) is 9.20 Å². The first kappa shape index (κ1) is 22.1. The number of nitrogens with zero attached hydrogens (tertiary/aromatic N) is 5. The lowest BCUT2D eigenvalue weighted by molar-refractivity contribution is -0.143. The summed E-state index contributed by atoms with van der Waals surface area (Å²) in [5.74, 6) is -0.524. The molecule has 3 heterocycles. The molecule has 0 aliphatic carbocycles. The number of hydrogen-bond acceptors (Lipinski definition) is 4. The standard InChI is InChI=1S/C20H17F6N5O/c1-29-4-6-30(7-5-29)18(32)12-2-3-16-27-28-17(31(16)11-12)13-8-14(19(21,22)23)10-15(9-13)20(24,25)26/h2-3,8-11H,4-7H2,1H3. The van der Waals surface area contributed by atoms with E-state index in [4.69, 9.17) is 0 Å². The Bertz CT molecular complexity index is 1130. The summed E-state index contributed by atoms with van der Waals surface area (Å²) >= 11 is 0. The number of amides is 1. The third-order valence-electron chi connectivity index (χ3n) is 5.29. The number of likely N-dealkylation sites (N-methyl/N-ethyl adjacent to an activating group) is 1. The molecule has 0 atom stereocenters. The highest BCUT2D eigenvalue weighted by Gasteiger charge is 2.37. The molecule has 1 aliphatic rings. The van der Waals surface area contributed by atoms with Gasteiger partial charge in [-0.15, -0.1) is 10.2 Å². The predicted octanol–water partition coefficient (Wildman–Crippen LogP) is 3.82. The van der Waals surface area contributed by atoms with Crippen LogP contribution in [0.5, 0.6) is 0 Å². The molecule has 0 saturated carbocycles. The monoisotopic (exact) mass is 457 g/mol. The van der Waals surface area contributed by atoms with Crippen LogP contribution < -0.4 is 0 Å². The van der Waals surface area contributed by atoms with Crippen LogP contribution in [0.2, 0.25) is 0 Å². The van der Waals surface area contributed by atoms with Crippen LogP contribution in [0.1, 0.15) is 21.5 Å². The van der Waals surface area contributed by atoms with Gasteiger partial charge in [0.2, 0.25) is 0 Å². The van der Waals surface area contributed by atoms with Crippen molar-refractivity contribution in [2.24, 2.45) is 0 Å². The lowest BCUT2D eigenvalue weighted by Gasteiger charge is -2.32. The number of benzene rings is 1. The average molecular weight is 457 g/mol. The number of aromatic nitrogens is 3. The molecule has 6 nitrogen and oxygen atoms in total. The van der Waals surface area contributed by atoms with E-state index in [1.807, 2.05) is 7.05 Å². The lowest BCUT2D eigenvalue weighted by Crippen LogP contribution is -2.47. The molecule has 0 radical (unpaired) electrons. The van der Waals surface area contributed by atoms with Crippen molar-refractivity contribution < 1.29 is 31.1 Å². The number of pyridine rings is 1. The molecule has 170 valence electrons. The summed E-state index contributed by atoms with van der Waals surface area (Å²) in [6.07, 6.45) is -8.64. The molecule has 1 saturated heterocycles. The molecular weight excluding hydrogens is 440 g/mol. The quantitative estimate of drug-likeness (QED) is 0.550. The Labute approximate surface area is 178 Å². The molecule has 4 rings (SSSR count). The normalized spacial score (nSPS) is 16.0. The Morgan fingerprint density at radius 3 is 2.03 bits per heavy atom. The summed E-state index contributed by atoms with van der Waals surface area (Å²) in [7, 11) is 1.93. The van der Waals surface area contributed by atoms with Crippen LogP contribution >= 0.6 is 0 Å². The number of carbonyl (C=O) groups is 1. The highest BCUT2D eigenvalue weighted by Crippen LogP contribution is 2.38. The second-order valence-electron chi connectivity index (χ2n) is 7.56. The maximum atomic E-state index is 13.2. The minimum Gasteiger partial charge on any atom is -0.336 e. The van der Waals surface area contributed by atoms with E-state index in [0.717, 1.165) is 0 Å². The maximum Gasteiger partial charge on any atom is 0.416 e. The smallest absolute Gasteiger partial charge is 0.336 e. The summed E-state index contributed by atoms with van der Waals surface area (Å²) in [5.41, 5.74) is -2.91. The van der Waals surface area contributed by atoms with E-state index in [1.54, 1.807) is 4.90 Å². The Morgan fingerprint density at radius 2 is 1.47 bits per heavy atom. The van der Waals surface area contributed by atoms with Gasteiger partial charge in [-0.05, 0) is 37.4 Å². The first-order valence-electron chi connectivity index (χ1n) is 9.56. The van der Waals surface area contributed by atoms with E-state index in [-0.39, 0.29) is 29.0 Å². The zero-order valence-corrected chi connectivity index (χ0v) is 16.7. The van der Waals surface area contributed by atoms with E-state index in [2.05, 4.69) is 15.1 Å². The van der Waals surface area contributed by atoms with E-state index in [0.29, 0.717) is 38.3 Å². The summed E-state index contributed by atoms with van der Waals surface area (Å²) in [5, 5.41) is 7.60. The predicted molar refractivity (Wildman–Crippen MR) is 102 cm³/mol. The third kappa shape index (κ3) is 4.27. The van der Waals surface area contributed by atoms with Crippen molar-refractivity contribution in [3.8, 4) is 11.4 Å². The van der Waals surface area contributed by atoms with Crippen LogP contribution in [0.25, 0.3) is 17.0 Å². The Kier molecular flexibility index (Phi) is 5.35. The summed E-state index contributed by atoms with van der Waals surface area (Å²) in [6, 6.07) is 4.16. The Morgan fingerprint density at radius 1 is 0.875 bits per heavy atom. The zero-order chi connectivity index (χ0) is 23.3. The Balaban J connectivity index is 1.78. The second kappa shape index (κ2) is 7.76. The zero-order valence-electron chi connectivity index (χ0n) is 16.7. The molecule has 1 aromatic carbocycles. The summed E-state index contributed by atoms with van der Waals surface area (Å²) < 4.78 is 80.6. The SMILES string of the molecule is CN1CCN(C(=O)c2ccc3nnc(-c4cc(C(F)(F)F)cc(C(F)(F)F)c4)n3c2)CC1. The number of fused-ring (bicyclic) bond motifs is 1. The largest absolute Gasteiger partial charge is 0.416 e. The summed E-state index contributed by atoms with van der Waals surface area (Å²) in [4.78, 5) is 16.5. The molecule has 3 aromatic rings. The van der Waals surface area contributed by atoms with Gasteiger partial charge in [0, 0.05) is 37.9 Å². The van der Waals surface area contributed by atoms with Crippen molar-refractivity contribution in [3.05, 3.63) is 53.2 Å². The van der Waals surface area contributed by atoms with Crippen LogP contribution in [0.3, 0.4) is 0 Å². The van der Waals surface area contributed by atoms with Crippen molar-refractivity contribution in [1.82, 2.24) is 24.4 Å². The molecule has 0 spiro atoms. The van der Waals surface area contributed by atoms with Gasteiger partial charge in [-0.2, -0.15) is 26.3 Å². The van der Waals surface area contributed by atoms with Crippen LogP contribution in [-0.2, 0) is 12.4 Å². The van der Waals surface area contributed by atoms with E-state index in [1.165, 1.54) is 22.7 Å². The number of rotatable bonds is 2. The number of hydrogen-bond donors (Lipinski definition) is 0. The third-order valence-corrected chi connectivity index (χ3v) is 5.29. The molecule has 1 amide bonds. The van der Waals surface area contributed by atoms with Gasteiger partial charge in [0.25, 0.3) is 5.91 Å². The fourth-order valence-electron chi connectivity index (χ4n) is 3.49. The van der Waals surface area contributed by atoms with E-state index >= 15 is 0 Å². The minimum atomic E-state index is -4.99. The molecule has 1 fully saturated rings. The highest BCUT2D eigenvalue weighted by molar-refractivity contribution is 5.94. The second-order valence-corrected chi connectivity index (χ2v) is 7.56. The first-order valence-corrected chi connectivity index (χ1v) is 9.56. The molecule has 32 heavy (non-hydrogen) atoms. The fourth-order valence-corrected chi connectivity index (χ4v) is 3.49. The van der Waals surface area contributed by atoms with Gasteiger partial charge < -0.3 is 9.80 Å². The Hall–Kier alpha value is -3.15. The molecule has 0 bridgehead atoms. The average Bonchev–Trinajstić information content (AvgIpc) is 3.15. The molecule has 1 aliphatic heterocycles. The summed E-state index contributed by atoms with van der Waals surface area (Å²) in [6.45, 7) is 2.39. The van der Waals surface area contributed by atoms with Crippen molar-refractivity contribution >= 4 is 11.6 Å². The molecule has 0 N–H and O–H groups in total. The van der Waals surface area contributed by atoms with Gasteiger partial charge in [0.15, 0.2) is 11.5 Å². The van der Waals surface area contributed by atoms with Crippen LogP contribution in [-0.4, -0.2) is 63.5 Å². The van der Waals surface area contributed by atoms with Crippen LogP contribution in [0, 0.1) is 0 Å². The van der Waals surface area contributed by atoms with Crippen molar-refractivity contribution in [3.63, 3.8) is 0 Å². The number of halogens is 6. The van der Waals surface area contributed by atoms with Crippen molar-refractivity contribution in [1.29, 1.82) is 0 Å². The number of piperazine rings is 1. The first-order chi connectivity index (χ1) is 14.9. The number of alkyl halides is 6. The lowest BCUT2D eigenvalue weighted by atomic mass is 10.0. The molecule has 0 unspecified atom stereocenters. The maximum absolute atomic E-state index is 13.2. The van der Waals surface area contributed by atoms with Gasteiger partial charge in [0.1, 0.15) is 0 Å². The van der Waals surface area contributed by atoms with E-state index < -0.39 is 29.0 Å². The van der Waals surface area contributed by atoms with Crippen molar-refractivity contribution in [2.45, 2.75) is 12.4 Å². The minimum absolute atomic E-state index is 0.0506. The fraction of sp³-hybridized carbons (Fsp3) is 0.350. The highest BCUT2D eigenvalue weighted by atomic mass is 19.4. The van der Waals surface area contributed by atoms with Crippen LogP contribution in [0.15, 0.2) is 36.5 Å². The van der Waals surface area contributed by atoms with Crippen LogP contribution in [0.4, 0.5) is 26.3 Å². The number of carbonyl (C=O) groups excluding carboxylic acids is 1. The van der Waals surface area contributed by atoms with Crippen molar-refractivity contribution in [2.75, 3.05) is 33.2 Å². The van der Waals surface area contributed by atoms with E-state index in [9.17, 15) is 31.1 Å².